The van der Waals surface area contributed by atoms with E-state index in [1.54, 1.807) is 16.3 Å². The van der Waals surface area contributed by atoms with Crippen molar-refractivity contribution in [2.24, 2.45) is 0 Å². The number of likely N-dealkylation sites (tertiary alicyclic amines) is 1. The maximum absolute atomic E-state index is 14.1. The number of nitrogens with zero attached hydrogens (tertiary/aromatic N) is 5. The van der Waals surface area contributed by atoms with Gasteiger partial charge in [0.2, 0.25) is 0 Å². The number of hydrogen-bond donors (Lipinski definition) is 1. The summed E-state index contributed by atoms with van der Waals surface area (Å²) in [5.41, 5.74) is 3.76. The first-order valence-electron chi connectivity index (χ1n) is 12.2. The third-order valence-electron chi connectivity index (χ3n) is 7.05. The molecule has 1 fully saturated rings. The van der Waals surface area contributed by atoms with Gasteiger partial charge in [0.25, 0.3) is 5.91 Å². The quantitative estimate of drug-likeness (QED) is 0.478. The van der Waals surface area contributed by atoms with Crippen LogP contribution in [0.5, 0.6) is 5.75 Å². The first-order valence-corrected chi connectivity index (χ1v) is 12.6. The lowest BCUT2D eigenvalue weighted by Gasteiger charge is -2.33. The molecule has 8 nitrogen and oxygen atoms in total. The largest absolute Gasteiger partial charge is 0.489 e. The van der Waals surface area contributed by atoms with Gasteiger partial charge in [-0.2, -0.15) is 18.3 Å². The number of aliphatic hydroxyl groups is 1. The van der Waals surface area contributed by atoms with E-state index in [-0.39, 0.29) is 43.4 Å². The zero-order valence-corrected chi connectivity index (χ0v) is 21.5. The molecule has 13 heteroatoms. The van der Waals surface area contributed by atoms with Gasteiger partial charge >= 0.3 is 6.18 Å². The van der Waals surface area contributed by atoms with Crippen LogP contribution in [0, 0.1) is 19.7 Å². The summed E-state index contributed by atoms with van der Waals surface area (Å²) in [5.74, 6) is -0.847. The zero-order chi connectivity index (χ0) is 27.4. The molecule has 1 aromatic carbocycles. The summed E-state index contributed by atoms with van der Waals surface area (Å²) in [4.78, 5) is 21.1. The molecular formula is C25H26ClF4N5O3. The van der Waals surface area contributed by atoms with Crippen LogP contribution in [0.25, 0.3) is 5.65 Å². The third kappa shape index (κ3) is 5.04. The highest BCUT2D eigenvalue weighted by Gasteiger charge is 2.40. The number of halogens is 5. The Bertz CT molecular complexity index is 1390. The summed E-state index contributed by atoms with van der Waals surface area (Å²) < 4.78 is 59.8. The molecule has 4 heterocycles. The van der Waals surface area contributed by atoms with Crippen molar-refractivity contribution in [1.82, 2.24) is 24.4 Å². The third-order valence-corrected chi connectivity index (χ3v) is 7.60. The number of amides is 1. The van der Waals surface area contributed by atoms with E-state index in [0.717, 1.165) is 17.3 Å². The summed E-state index contributed by atoms with van der Waals surface area (Å²) in [6.45, 7) is 4.18. The molecule has 2 aliphatic rings. The van der Waals surface area contributed by atoms with Gasteiger partial charge in [-0.25, -0.2) is 13.9 Å². The summed E-state index contributed by atoms with van der Waals surface area (Å²) in [6, 6.07) is 3.71. The highest BCUT2D eigenvalue weighted by atomic mass is 35.5. The van der Waals surface area contributed by atoms with Crippen molar-refractivity contribution < 1.29 is 32.2 Å². The van der Waals surface area contributed by atoms with Crippen molar-refractivity contribution in [3.63, 3.8) is 0 Å². The standard InChI is InChI=1S/C25H26ClF4N5O3/c1-13-22(26)14(2)35-23(31-13)18-10-34(11-19(18)32-35)24(37)17-4-3-15(27)9-20(17)38-16-5-7-33(8-6-16)12-21(36)25(28,29)30/h3-4,9,16,21,36H,5-8,10-12H2,1-2H3. The Morgan fingerprint density at radius 2 is 1.95 bits per heavy atom. The number of hydrogen-bond acceptors (Lipinski definition) is 6. The second-order valence-corrected chi connectivity index (χ2v) is 10.1. The molecule has 1 N–H and O–H groups in total. The average molecular weight is 556 g/mol. The molecule has 1 amide bonds. The van der Waals surface area contributed by atoms with Crippen LogP contribution >= 0.6 is 11.6 Å². The predicted molar refractivity (Wildman–Crippen MR) is 130 cm³/mol. The molecule has 0 radical (unpaired) electrons. The number of ether oxygens (including phenoxy) is 1. The van der Waals surface area contributed by atoms with Crippen LogP contribution in [0.3, 0.4) is 0 Å². The van der Waals surface area contributed by atoms with Crippen molar-refractivity contribution in [3.05, 3.63) is 57.2 Å². The number of piperidine rings is 1. The molecule has 204 valence electrons. The van der Waals surface area contributed by atoms with E-state index in [1.165, 1.54) is 17.0 Å². The number of aliphatic hydroxyl groups excluding tert-OH is 1. The van der Waals surface area contributed by atoms with Gasteiger partial charge in [0.05, 0.1) is 40.8 Å². The maximum Gasteiger partial charge on any atom is 0.415 e. The molecule has 5 rings (SSSR count). The van der Waals surface area contributed by atoms with Crippen molar-refractivity contribution in [3.8, 4) is 5.75 Å². The molecule has 1 saturated heterocycles. The Kier molecular flexibility index (Phi) is 6.99. The number of carbonyl (C=O) groups excluding carboxylic acids is 1. The molecule has 0 aliphatic carbocycles. The Morgan fingerprint density at radius 1 is 1.24 bits per heavy atom. The van der Waals surface area contributed by atoms with E-state index in [0.29, 0.717) is 34.9 Å². The molecule has 2 aliphatic heterocycles. The molecule has 38 heavy (non-hydrogen) atoms. The molecule has 1 atom stereocenters. The van der Waals surface area contributed by atoms with Gasteiger partial charge in [0.15, 0.2) is 11.8 Å². The first-order chi connectivity index (χ1) is 17.9. The van der Waals surface area contributed by atoms with Crippen LogP contribution in [-0.4, -0.2) is 73.4 Å². The van der Waals surface area contributed by atoms with Crippen molar-refractivity contribution >= 4 is 23.2 Å². The van der Waals surface area contributed by atoms with E-state index in [9.17, 15) is 27.5 Å². The van der Waals surface area contributed by atoms with Crippen LogP contribution in [0.2, 0.25) is 5.02 Å². The van der Waals surface area contributed by atoms with E-state index in [2.05, 4.69) is 10.1 Å². The summed E-state index contributed by atoms with van der Waals surface area (Å²) in [7, 11) is 0. The second-order valence-electron chi connectivity index (χ2n) is 9.73. The number of β-amino-alcohol motifs (C(OH)–C–C–N with tert-alkyl or cyclic N) is 1. The van der Waals surface area contributed by atoms with E-state index < -0.39 is 30.7 Å². The average Bonchev–Trinajstić information content (AvgIpc) is 3.42. The number of benzene rings is 1. The lowest BCUT2D eigenvalue weighted by Crippen LogP contribution is -2.46. The fraction of sp³-hybridized carbons (Fsp3) is 0.480. The van der Waals surface area contributed by atoms with Gasteiger partial charge in [0.1, 0.15) is 17.7 Å². The Morgan fingerprint density at radius 3 is 2.63 bits per heavy atom. The maximum atomic E-state index is 14.1. The predicted octanol–water partition coefficient (Wildman–Crippen LogP) is 4.06. The van der Waals surface area contributed by atoms with Gasteiger partial charge in [-0.3, -0.25) is 4.79 Å². The van der Waals surface area contributed by atoms with E-state index in [1.807, 2.05) is 6.92 Å². The minimum atomic E-state index is -4.68. The van der Waals surface area contributed by atoms with Crippen molar-refractivity contribution in [1.29, 1.82) is 0 Å². The van der Waals surface area contributed by atoms with Crippen LogP contribution < -0.4 is 4.74 Å². The van der Waals surface area contributed by atoms with Gasteiger partial charge in [-0.05, 0) is 38.8 Å². The first kappa shape index (κ1) is 26.6. The molecule has 2 aromatic heterocycles. The number of alkyl halides is 3. The van der Waals surface area contributed by atoms with Crippen LogP contribution in [0.15, 0.2) is 18.2 Å². The van der Waals surface area contributed by atoms with E-state index in [4.69, 9.17) is 16.3 Å². The normalized spacial score (nSPS) is 17.7. The zero-order valence-electron chi connectivity index (χ0n) is 20.7. The smallest absolute Gasteiger partial charge is 0.415 e. The second kappa shape index (κ2) is 9.97. The van der Waals surface area contributed by atoms with E-state index >= 15 is 0 Å². The lowest BCUT2D eigenvalue weighted by molar-refractivity contribution is -0.208. The van der Waals surface area contributed by atoms with Gasteiger partial charge < -0.3 is 19.6 Å². The number of aryl methyl sites for hydroxylation is 2. The Labute approximate surface area is 220 Å². The fourth-order valence-corrected chi connectivity index (χ4v) is 5.06. The molecular weight excluding hydrogens is 530 g/mol. The monoisotopic (exact) mass is 555 g/mol. The van der Waals surface area contributed by atoms with Gasteiger partial charge in [0, 0.05) is 31.3 Å². The minimum absolute atomic E-state index is 0.0825. The van der Waals surface area contributed by atoms with Crippen LogP contribution in [-0.2, 0) is 13.1 Å². The molecule has 0 bridgehead atoms. The van der Waals surface area contributed by atoms with Crippen LogP contribution in [0.1, 0.15) is 45.8 Å². The van der Waals surface area contributed by atoms with Crippen molar-refractivity contribution in [2.75, 3.05) is 19.6 Å². The fourth-order valence-electron chi connectivity index (χ4n) is 4.93. The highest BCUT2D eigenvalue weighted by Crippen LogP contribution is 2.32. The Hall–Kier alpha value is -2.96. The van der Waals surface area contributed by atoms with Gasteiger partial charge in [-0.1, -0.05) is 11.6 Å². The molecule has 1 unspecified atom stereocenters. The van der Waals surface area contributed by atoms with Crippen LogP contribution in [0.4, 0.5) is 17.6 Å². The summed E-state index contributed by atoms with van der Waals surface area (Å²) in [6.07, 6.45) is -6.77. The van der Waals surface area contributed by atoms with Gasteiger partial charge in [-0.15, -0.1) is 0 Å². The Balaban J connectivity index is 1.28. The molecule has 0 saturated carbocycles. The lowest BCUT2D eigenvalue weighted by atomic mass is 10.1. The topological polar surface area (TPSA) is 83.2 Å². The minimum Gasteiger partial charge on any atom is -0.489 e. The SMILES string of the molecule is Cc1nc2c3c(nn2c(C)c1Cl)CN(C(=O)c1ccc(F)cc1OC1CCN(CC(O)C(F)(F)F)CC1)C3. The molecule has 3 aromatic rings. The summed E-state index contributed by atoms with van der Waals surface area (Å²) >= 11 is 6.31. The highest BCUT2D eigenvalue weighted by molar-refractivity contribution is 6.31. The number of carbonyl (C=O) groups is 1. The summed E-state index contributed by atoms with van der Waals surface area (Å²) in [5, 5.41) is 14.4. The number of aromatic nitrogens is 3. The van der Waals surface area contributed by atoms with Crippen molar-refractivity contribution in [2.45, 2.75) is 58.2 Å². The number of rotatable bonds is 5. The molecule has 0 spiro atoms. The number of fused-ring (bicyclic) bond motifs is 3.